The van der Waals surface area contributed by atoms with E-state index >= 15 is 0 Å². The van der Waals surface area contributed by atoms with E-state index in [9.17, 15) is 22.8 Å². The van der Waals surface area contributed by atoms with Crippen molar-refractivity contribution >= 4 is 46.6 Å². The molecule has 168 valence electrons. The van der Waals surface area contributed by atoms with Crippen LogP contribution in [0.15, 0.2) is 52.4 Å². The van der Waals surface area contributed by atoms with Crippen LogP contribution >= 0.6 is 35.0 Å². The number of hydrogen-bond donors (Lipinski definition) is 2. The Kier molecular flexibility index (Phi) is 7.53. The molecule has 0 radical (unpaired) electrons. The molecule has 1 aromatic heterocycles. The number of carbonyl (C=O) groups excluding carboxylic acids is 1. The quantitative estimate of drug-likeness (QED) is 0.334. The van der Waals surface area contributed by atoms with Crippen LogP contribution in [-0.4, -0.2) is 21.6 Å². The highest BCUT2D eigenvalue weighted by Gasteiger charge is 2.31. The average Bonchev–Trinajstić information content (AvgIpc) is 2.71. The zero-order valence-electron chi connectivity index (χ0n) is 16.5. The van der Waals surface area contributed by atoms with E-state index in [0.717, 1.165) is 35.5 Å². The van der Waals surface area contributed by atoms with Crippen molar-refractivity contribution in [3.8, 4) is 0 Å². The van der Waals surface area contributed by atoms with Crippen molar-refractivity contribution in [2.45, 2.75) is 24.7 Å². The first-order valence-electron chi connectivity index (χ1n) is 9.17. The highest BCUT2D eigenvalue weighted by Crippen LogP contribution is 2.34. The molecule has 0 bridgehead atoms. The average molecular weight is 502 g/mol. The van der Waals surface area contributed by atoms with E-state index in [1.807, 2.05) is 12.1 Å². The van der Waals surface area contributed by atoms with Crippen LogP contribution in [0.4, 0.5) is 18.9 Å². The lowest BCUT2D eigenvalue weighted by Crippen LogP contribution is -2.19. The normalized spacial score (nSPS) is 11.4. The van der Waals surface area contributed by atoms with Gasteiger partial charge in [0.2, 0.25) is 5.91 Å². The number of amides is 1. The predicted molar refractivity (Wildman–Crippen MR) is 120 cm³/mol. The molecule has 1 amide bonds. The predicted octanol–water partition coefficient (Wildman–Crippen LogP) is 5.73. The molecule has 0 saturated carbocycles. The van der Waals surface area contributed by atoms with Crippen molar-refractivity contribution in [3.63, 3.8) is 0 Å². The van der Waals surface area contributed by atoms with Gasteiger partial charge in [-0.1, -0.05) is 53.2 Å². The van der Waals surface area contributed by atoms with Crippen LogP contribution in [0.3, 0.4) is 0 Å². The lowest BCUT2D eigenvalue weighted by molar-refractivity contribution is -0.137. The third-order valence-corrected chi connectivity index (χ3v) is 6.00. The maximum atomic E-state index is 12.9. The van der Waals surface area contributed by atoms with Gasteiger partial charge in [-0.05, 0) is 36.8 Å². The third-order valence-electron chi connectivity index (χ3n) is 4.43. The second-order valence-electron chi connectivity index (χ2n) is 6.73. The summed E-state index contributed by atoms with van der Waals surface area (Å²) in [6.45, 7) is 1.67. The summed E-state index contributed by atoms with van der Waals surface area (Å²) in [5, 5.41) is 3.07. The molecule has 3 aromatic rings. The van der Waals surface area contributed by atoms with E-state index in [1.165, 1.54) is 0 Å². The van der Waals surface area contributed by atoms with Gasteiger partial charge in [0.05, 0.1) is 22.0 Å². The molecule has 0 unspecified atom stereocenters. The molecule has 1 heterocycles. The lowest BCUT2D eigenvalue weighted by Gasteiger charge is -2.12. The van der Waals surface area contributed by atoms with E-state index in [1.54, 1.807) is 19.1 Å². The molecule has 2 aromatic carbocycles. The minimum Gasteiger partial charge on any atom is -0.324 e. The molecule has 0 fully saturated rings. The van der Waals surface area contributed by atoms with E-state index in [2.05, 4.69) is 15.3 Å². The Balaban J connectivity index is 1.68. The first-order chi connectivity index (χ1) is 15.0. The molecule has 5 nitrogen and oxygen atoms in total. The number of aromatic amines is 1. The zero-order chi connectivity index (χ0) is 23.5. The molecule has 11 heteroatoms. The summed E-state index contributed by atoms with van der Waals surface area (Å²) in [4.78, 5) is 31.6. The van der Waals surface area contributed by atoms with Crippen molar-refractivity contribution in [3.05, 3.63) is 85.2 Å². The largest absolute Gasteiger partial charge is 0.416 e. The van der Waals surface area contributed by atoms with E-state index in [0.29, 0.717) is 22.7 Å². The molecule has 0 aliphatic rings. The Bertz CT molecular complexity index is 1220. The van der Waals surface area contributed by atoms with Crippen molar-refractivity contribution in [1.82, 2.24) is 9.97 Å². The van der Waals surface area contributed by atoms with Gasteiger partial charge < -0.3 is 10.3 Å². The number of anilines is 1. The Morgan fingerprint density at radius 1 is 1.16 bits per heavy atom. The van der Waals surface area contributed by atoms with Crippen LogP contribution in [-0.2, 0) is 17.4 Å². The first kappa shape index (κ1) is 24.2. The van der Waals surface area contributed by atoms with Crippen LogP contribution in [0.25, 0.3) is 0 Å². The SMILES string of the molecule is Cc1nc(SCC(=O)Nc2cc(C(F)(F)F)ccc2Cl)[nH]c(=O)c1Cc1ccccc1Cl. The smallest absolute Gasteiger partial charge is 0.324 e. The summed E-state index contributed by atoms with van der Waals surface area (Å²) < 4.78 is 38.6. The van der Waals surface area contributed by atoms with Crippen LogP contribution in [0.2, 0.25) is 10.0 Å². The van der Waals surface area contributed by atoms with Gasteiger partial charge in [-0.2, -0.15) is 13.2 Å². The molecule has 32 heavy (non-hydrogen) atoms. The highest BCUT2D eigenvalue weighted by molar-refractivity contribution is 7.99. The maximum Gasteiger partial charge on any atom is 0.416 e. The molecule has 0 aliphatic heterocycles. The first-order valence-corrected chi connectivity index (χ1v) is 10.9. The van der Waals surface area contributed by atoms with Gasteiger partial charge in [0.15, 0.2) is 5.16 Å². The number of halogens is 5. The highest BCUT2D eigenvalue weighted by atomic mass is 35.5. The summed E-state index contributed by atoms with van der Waals surface area (Å²) in [7, 11) is 0. The number of carbonyl (C=O) groups is 1. The number of benzene rings is 2. The van der Waals surface area contributed by atoms with Crippen molar-refractivity contribution in [2.24, 2.45) is 0 Å². The minimum atomic E-state index is -4.56. The van der Waals surface area contributed by atoms with Crippen LogP contribution in [0, 0.1) is 6.92 Å². The molecule has 0 saturated heterocycles. The summed E-state index contributed by atoms with van der Waals surface area (Å²) in [6.07, 6.45) is -4.27. The number of nitrogens with zero attached hydrogens (tertiary/aromatic N) is 1. The molecular formula is C21H16Cl2F3N3O2S. The standard InChI is InChI=1S/C21H16Cl2F3N3O2S/c1-11-14(8-12-4-2-3-5-15(12)22)19(31)29-20(27-11)32-10-18(30)28-17-9-13(21(24,25)26)6-7-16(17)23/h2-7,9H,8,10H2,1H3,(H,28,30)(H,27,29,31). The Hall–Kier alpha value is -2.49. The topological polar surface area (TPSA) is 74.8 Å². The van der Waals surface area contributed by atoms with Crippen molar-refractivity contribution in [1.29, 1.82) is 0 Å². The summed E-state index contributed by atoms with van der Waals surface area (Å²) >= 11 is 13.0. The van der Waals surface area contributed by atoms with Crippen LogP contribution in [0.1, 0.15) is 22.4 Å². The number of aromatic nitrogens is 2. The van der Waals surface area contributed by atoms with Gasteiger partial charge in [0.1, 0.15) is 0 Å². The number of H-pyrrole nitrogens is 1. The maximum absolute atomic E-state index is 12.9. The van der Waals surface area contributed by atoms with Crippen molar-refractivity contribution < 1.29 is 18.0 Å². The Morgan fingerprint density at radius 3 is 2.53 bits per heavy atom. The van der Waals surface area contributed by atoms with Crippen LogP contribution < -0.4 is 10.9 Å². The second kappa shape index (κ2) is 9.97. The van der Waals surface area contributed by atoms with Gasteiger partial charge >= 0.3 is 6.18 Å². The summed E-state index contributed by atoms with van der Waals surface area (Å²) in [5.74, 6) is -0.796. The third kappa shape index (κ3) is 6.05. The zero-order valence-corrected chi connectivity index (χ0v) is 18.8. The number of alkyl halides is 3. The molecule has 0 atom stereocenters. The van der Waals surface area contributed by atoms with Gasteiger partial charge in [-0.3, -0.25) is 9.59 Å². The van der Waals surface area contributed by atoms with E-state index in [-0.39, 0.29) is 27.2 Å². The fraction of sp³-hybridized carbons (Fsp3) is 0.190. The molecule has 0 spiro atoms. The molecule has 0 aliphatic carbocycles. The summed E-state index contributed by atoms with van der Waals surface area (Å²) in [6, 6.07) is 9.80. The number of hydrogen-bond acceptors (Lipinski definition) is 4. The monoisotopic (exact) mass is 501 g/mol. The van der Waals surface area contributed by atoms with Gasteiger partial charge in [0.25, 0.3) is 5.56 Å². The number of aryl methyl sites for hydroxylation is 1. The molecular weight excluding hydrogens is 486 g/mol. The van der Waals surface area contributed by atoms with E-state index in [4.69, 9.17) is 23.2 Å². The van der Waals surface area contributed by atoms with Crippen LogP contribution in [0.5, 0.6) is 0 Å². The fourth-order valence-corrected chi connectivity index (χ4v) is 3.88. The number of thioether (sulfide) groups is 1. The molecule has 3 rings (SSSR count). The molecule has 2 N–H and O–H groups in total. The second-order valence-corrected chi connectivity index (χ2v) is 8.51. The number of rotatable bonds is 6. The van der Waals surface area contributed by atoms with Gasteiger partial charge in [-0.25, -0.2) is 4.98 Å². The van der Waals surface area contributed by atoms with Gasteiger partial charge in [-0.15, -0.1) is 0 Å². The van der Waals surface area contributed by atoms with Gasteiger partial charge in [0, 0.05) is 22.7 Å². The van der Waals surface area contributed by atoms with E-state index < -0.39 is 17.6 Å². The Labute approximate surface area is 195 Å². The summed E-state index contributed by atoms with van der Waals surface area (Å²) in [5.41, 5.74) is 0.268. The minimum absolute atomic E-state index is 0.0253. The van der Waals surface area contributed by atoms with Crippen molar-refractivity contribution in [2.75, 3.05) is 11.1 Å². The lowest BCUT2D eigenvalue weighted by atomic mass is 10.1. The Morgan fingerprint density at radius 2 is 1.88 bits per heavy atom. The fourth-order valence-electron chi connectivity index (χ4n) is 2.81. The number of nitrogens with one attached hydrogen (secondary N) is 2.